The SMILES string of the molecule is COC(OC)(OC)c1cc(Br)cs1. The van der Waals surface area contributed by atoms with Crippen LogP contribution >= 0.6 is 27.3 Å². The van der Waals surface area contributed by atoms with Crippen molar-refractivity contribution in [2.45, 2.75) is 5.97 Å². The second kappa shape index (κ2) is 4.52. The predicted molar refractivity (Wildman–Crippen MR) is 54.7 cm³/mol. The second-order valence-electron chi connectivity index (χ2n) is 2.30. The number of hydrogen-bond donors (Lipinski definition) is 0. The third-order valence-corrected chi connectivity index (χ3v) is 3.43. The quantitative estimate of drug-likeness (QED) is 0.785. The number of rotatable bonds is 4. The molecule has 0 aliphatic carbocycles. The summed E-state index contributed by atoms with van der Waals surface area (Å²) in [4.78, 5) is 0.867. The molecule has 0 spiro atoms. The largest absolute Gasteiger partial charge is 0.326 e. The number of halogens is 1. The summed E-state index contributed by atoms with van der Waals surface area (Å²) in [6.07, 6.45) is 0. The minimum atomic E-state index is -1.07. The smallest absolute Gasteiger partial charge is 0.320 e. The summed E-state index contributed by atoms with van der Waals surface area (Å²) in [6, 6.07) is 1.90. The first-order chi connectivity index (χ1) is 6.18. The lowest BCUT2D eigenvalue weighted by Crippen LogP contribution is -2.31. The van der Waals surface area contributed by atoms with E-state index in [0.717, 1.165) is 9.35 Å². The van der Waals surface area contributed by atoms with Crippen LogP contribution < -0.4 is 0 Å². The van der Waals surface area contributed by atoms with E-state index in [4.69, 9.17) is 14.2 Å². The molecule has 1 aromatic rings. The molecule has 0 bridgehead atoms. The molecule has 1 heterocycles. The molecule has 74 valence electrons. The maximum absolute atomic E-state index is 5.18. The third kappa shape index (κ3) is 2.11. The molecule has 0 saturated heterocycles. The molecule has 0 fully saturated rings. The summed E-state index contributed by atoms with van der Waals surface area (Å²) in [6.45, 7) is 0. The number of hydrogen-bond acceptors (Lipinski definition) is 4. The molecule has 0 saturated carbocycles. The maximum atomic E-state index is 5.18. The first-order valence-corrected chi connectivity index (χ1v) is 5.25. The molecular weight excluding hydrogens is 256 g/mol. The van der Waals surface area contributed by atoms with Crippen LogP contribution in [0.1, 0.15) is 4.88 Å². The van der Waals surface area contributed by atoms with Crippen LogP contribution in [0.5, 0.6) is 0 Å². The van der Waals surface area contributed by atoms with Gasteiger partial charge in [-0.05, 0) is 22.0 Å². The summed E-state index contributed by atoms with van der Waals surface area (Å²) in [7, 11) is 4.63. The van der Waals surface area contributed by atoms with Crippen molar-refractivity contribution in [2.24, 2.45) is 0 Å². The Morgan fingerprint density at radius 1 is 1.23 bits per heavy atom. The lowest BCUT2D eigenvalue weighted by molar-refractivity contribution is -0.362. The Balaban J connectivity index is 3.00. The summed E-state index contributed by atoms with van der Waals surface area (Å²) < 4.78 is 16.5. The zero-order valence-corrected chi connectivity index (χ0v) is 10.1. The molecule has 3 nitrogen and oxygen atoms in total. The lowest BCUT2D eigenvalue weighted by atomic mass is 10.4. The summed E-state index contributed by atoms with van der Waals surface area (Å²) >= 11 is 4.86. The van der Waals surface area contributed by atoms with Gasteiger partial charge in [-0.1, -0.05) is 0 Å². The zero-order valence-electron chi connectivity index (χ0n) is 7.67. The average Bonchev–Trinajstić information content (AvgIpc) is 2.57. The van der Waals surface area contributed by atoms with Crippen molar-refractivity contribution in [1.82, 2.24) is 0 Å². The highest BCUT2D eigenvalue weighted by Crippen LogP contribution is 2.33. The number of methoxy groups -OCH3 is 3. The van der Waals surface area contributed by atoms with Gasteiger partial charge in [0.25, 0.3) is 0 Å². The average molecular weight is 267 g/mol. The minimum Gasteiger partial charge on any atom is -0.326 e. The molecule has 5 heteroatoms. The van der Waals surface area contributed by atoms with E-state index in [0.29, 0.717) is 0 Å². The minimum absolute atomic E-state index is 0.867. The molecule has 13 heavy (non-hydrogen) atoms. The highest BCUT2D eigenvalue weighted by atomic mass is 79.9. The van der Waals surface area contributed by atoms with Crippen LogP contribution in [0.25, 0.3) is 0 Å². The van der Waals surface area contributed by atoms with Crippen molar-refractivity contribution in [3.05, 3.63) is 20.8 Å². The van der Waals surface area contributed by atoms with E-state index < -0.39 is 5.97 Å². The van der Waals surface area contributed by atoms with Gasteiger partial charge in [-0.2, -0.15) is 0 Å². The van der Waals surface area contributed by atoms with Gasteiger partial charge < -0.3 is 14.2 Å². The molecule has 0 aromatic carbocycles. The van der Waals surface area contributed by atoms with Crippen LogP contribution in [0.15, 0.2) is 15.9 Å². The summed E-state index contributed by atoms with van der Waals surface area (Å²) in [5.74, 6) is -1.07. The van der Waals surface area contributed by atoms with E-state index in [1.54, 1.807) is 21.3 Å². The van der Waals surface area contributed by atoms with Crippen LogP contribution in [0.4, 0.5) is 0 Å². The van der Waals surface area contributed by atoms with Gasteiger partial charge in [0.05, 0.1) is 4.88 Å². The molecule has 0 N–H and O–H groups in total. The van der Waals surface area contributed by atoms with Crippen molar-refractivity contribution in [3.8, 4) is 0 Å². The predicted octanol–water partition coefficient (Wildman–Crippen LogP) is 2.56. The van der Waals surface area contributed by atoms with Crippen molar-refractivity contribution in [3.63, 3.8) is 0 Å². The van der Waals surface area contributed by atoms with Crippen molar-refractivity contribution < 1.29 is 14.2 Å². The van der Waals surface area contributed by atoms with Gasteiger partial charge in [0.1, 0.15) is 0 Å². The van der Waals surface area contributed by atoms with Crippen LogP contribution in [-0.4, -0.2) is 21.3 Å². The molecule has 0 atom stereocenters. The molecule has 0 amide bonds. The van der Waals surface area contributed by atoms with E-state index in [2.05, 4.69) is 15.9 Å². The molecule has 1 rings (SSSR count). The second-order valence-corrected chi connectivity index (χ2v) is 4.12. The van der Waals surface area contributed by atoms with Crippen molar-refractivity contribution in [2.75, 3.05) is 21.3 Å². The fraction of sp³-hybridized carbons (Fsp3) is 0.500. The topological polar surface area (TPSA) is 27.7 Å². The van der Waals surface area contributed by atoms with Gasteiger partial charge in [0, 0.05) is 31.2 Å². The van der Waals surface area contributed by atoms with Crippen molar-refractivity contribution >= 4 is 27.3 Å². The van der Waals surface area contributed by atoms with Crippen LogP contribution in [-0.2, 0) is 20.2 Å². The van der Waals surface area contributed by atoms with Crippen LogP contribution in [0, 0.1) is 0 Å². The van der Waals surface area contributed by atoms with Gasteiger partial charge in [-0.25, -0.2) is 0 Å². The van der Waals surface area contributed by atoms with E-state index in [-0.39, 0.29) is 0 Å². The zero-order chi connectivity index (χ0) is 9.90. The fourth-order valence-corrected chi connectivity index (χ4v) is 2.58. The number of thiophene rings is 1. The van der Waals surface area contributed by atoms with E-state index >= 15 is 0 Å². The Morgan fingerprint density at radius 3 is 2.08 bits per heavy atom. The highest BCUT2D eigenvalue weighted by molar-refractivity contribution is 9.10. The molecule has 0 aliphatic rings. The Morgan fingerprint density at radius 2 is 1.77 bits per heavy atom. The van der Waals surface area contributed by atoms with Gasteiger partial charge >= 0.3 is 5.97 Å². The monoisotopic (exact) mass is 266 g/mol. The fourth-order valence-electron chi connectivity index (χ4n) is 1.03. The Bertz CT molecular complexity index is 262. The van der Waals surface area contributed by atoms with Crippen molar-refractivity contribution in [1.29, 1.82) is 0 Å². The molecule has 0 radical (unpaired) electrons. The van der Waals surface area contributed by atoms with Crippen LogP contribution in [0.3, 0.4) is 0 Å². The third-order valence-electron chi connectivity index (χ3n) is 1.68. The van der Waals surface area contributed by atoms with Gasteiger partial charge in [-0.15, -0.1) is 11.3 Å². The Kier molecular flexibility index (Phi) is 3.87. The molecular formula is C8H11BrO3S. The Hall–Kier alpha value is 0.0600. The Labute approximate surface area is 89.7 Å². The molecule has 0 aliphatic heterocycles. The molecule has 1 aromatic heterocycles. The maximum Gasteiger partial charge on any atom is 0.320 e. The summed E-state index contributed by atoms with van der Waals surface area (Å²) in [5, 5.41) is 1.95. The van der Waals surface area contributed by atoms with E-state index in [1.807, 2.05) is 11.4 Å². The van der Waals surface area contributed by atoms with E-state index in [1.165, 1.54) is 11.3 Å². The van der Waals surface area contributed by atoms with Gasteiger partial charge in [-0.3, -0.25) is 0 Å². The standard InChI is InChI=1S/C8H11BrO3S/c1-10-8(11-2,12-3)7-4-6(9)5-13-7/h4-5H,1-3H3. The van der Waals surface area contributed by atoms with Gasteiger partial charge in [0.15, 0.2) is 0 Å². The highest BCUT2D eigenvalue weighted by Gasteiger charge is 2.33. The normalized spacial score (nSPS) is 12.0. The molecule has 0 unspecified atom stereocenters. The summed E-state index contributed by atoms with van der Waals surface area (Å²) in [5.41, 5.74) is 0. The first kappa shape index (κ1) is 11.1. The number of ether oxygens (including phenoxy) is 3. The van der Waals surface area contributed by atoms with E-state index in [9.17, 15) is 0 Å². The first-order valence-electron chi connectivity index (χ1n) is 3.58. The van der Waals surface area contributed by atoms with Gasteiger partial charge in [0.2, 0.25) is 0 Å². The lowest BCUT2D eigenvalue weighted by Gasteiger charge is -2.27. The van der Waals surface area contributed by atoms with Crippen LogP contribution in [0.2, 0.25) is 0 Å².